The Balaban J connectivity index is 1.90. The zero-order valence-corrected chi connectivity index (χ0v) is 11.7. The van der Waals surface area contributed by atoms with Gasteiger partial charge >= 0.3 is 5.97 Å². The minimum absolute atomic E-state index is 0.00961. The normalized spacial score (nSPS) is 16.7. The van der Waals surface area contributed by atoms with Crippen molar-refractivity contribution in [2.75, 3.05) is 38.6 Å². The Labute approximate surface area is 115 Å². The van der Waals surface area contributed by atoms with Gasteiger partial charge in [0.2, 0.25) is 0 Å². The minimum atomic E-state index is -0.842. The molecule has 1 fully saturated rings. The Morgan fingerprint density at radius 1 is 1.37 bits per heavy atom. The standard InChI is InChI=1S/C11H18N4O3S/c1-9-12-13-11(19-8-10(16)17)15(9)3-2-14-4-6-18-7-5-14/h2-8H2,1H3,(H,16,17). The van der Waals surface area contributed by atoms with E-state index in [0.29, 0.717) is 5.16 Å². The molecule has 0 radical (unpaired) electrons. The lowest BCUT2D eigenvalue weighted by Crippen LogP contribution is -2.38. The van der Waals surface area contributed by atoms with Gasteiger partial charge in [0.25, 0.3) is 0 Å². The van der Waals surface area contributed by atoms with E-state index in [2.05, 4.69) is 15.1 Å². The number of aliphatic carboxylic acids is 1. The van der Waals surface area contributed by atoms with E-state index in [1.54, 1.807) is 0 Å². The SMILES string of the molecule is Cc1nnc(SCC(=O)O)n1CCN1CCOCC1. The summed E-state index contributed by atoms with van der Waals surface area (Å²) in [7, 11) is 0. The first-order valence-corrected chi connectivity index (χ1v) is 7.20. The number of hydrogen-bond donors (Lipinski definition) is 1. The van der Waals surface area contributed by atoms with Crippen molar-refractivity contribution in [3.8, 4) is 0 Å². The van der Waals surface area contributed by atoms with Crippen LogP contribution in [0.5, 0.6) is 0 Å². The van der Waals surface area contributed by atoms with Crippen LogP contribution in [0.15, 0.2) is 5.16 Å². The fraction of sp³-hybridized carbons (Fsp3) is 0.727. The zero-order valence-electron chi connectivity index (χ0n) is 10.9. The number of thioether (sulfide) groups is 1. The number of carboxylic acids is 1. The van der Waals surface area contributed by atoms with Gasteiger partial charge in [0.15, 0.2) is 5.16 Å². The van der Waals surface area contributed by atoms with Gasteiger partial charge in [0.05, 0.1) is 19.0 Å². The van der Waals surface area contributed by atoms with Crippen LogP contribution in [-0.4, -0.2) is 69.3 Å². The highest BCUT2D eigenvalue weighted by Crippen LogP contribution is 2.16. The molecule has 19 heavy (non-hydrogen) atoms. The first kappa shape index (κ1) is 14.3. The third-order valence-corrected chi connectivity index (χ3v) is 3.92. The van der Waals surface area contributed by atoms with Gasteiger partial charge in [-0.15, -0.1) is 10.2 Å². The monoisotopic (exact) mass is 286 g/mol. The summed E-state index contributed by atoms with van der Waals surface area (Å²) in [4.78, 5) is 12.9. The second-order valence-electron chi connectivity index (χ2n) is 4.32. The zero-order chi connectivity index (χ0) is 13.7. The lowest BCUT2D eigenvalue weighted by molar-refractivity contribution is -0.133. The molecule has 2 rings (SSSR count). The van der Waals surface area contributed by atoms with Crippen molar-refractivity contribution in [3.63, 3.8) is 0 Å². The van der Waals surface area contributed by atoms with Crippen LogP contribution in [0.2, 0.25) is 0 Å². The van der Waals surface area contributed by atoms with E-state index in [-0.39, 0.29) is 5.75 Å². The summed E-state index contributed by atoms with van der Waals surface area (Å²) in [5.74, 6) is -0.0121. The van der Waals surface area contributed by atoms with Gasteiger partial charge in [-0.1, -0.05) is 11.8 Å². The van der Waals surface area contributed by atoms with Crippen LogP contribution in [0.3, 0.4) is 0 Å². The molecule has 0 saturated carbocycles. The number of morpholine rings is 1. The van der Waals surface area contributed by atoms with E-state index in [1.165, 1.54) is 11.8 Å². The molecular weight excluding hydrogens is 268 g/mol. The van der Waals surface area contributed by atoms with Crippen LogP contribution in [0.25, 0.3) is 0 Å². The first-order chi connectivity index (χ1) is 9.16. The maximum Gasteiger partial charge on any atom is 0.313 e. The fourth-order valence-corrected chi connectivity index (χ4v) is 2.65. The summed E-state index contributed by atoms with van der Waals surface area (Å²) in [5, 5.41) is 17.4. The second-order valence-corrected chi connectivity index (χ2v) is 5.26. The maximum absolute atomic E-state index is 10.6. The summed E-state index contributed by atoms with van der Waals surface area (Å²) in [6, 6.07) is 0. The van der Waals surface area contributed by atoms with Crippen LogP contribution in [0, 0.1) is 6.92 Å². The summed E-state index contributed by atoms with van der Waals surface area (Å²) < 4.78 is 7.28. The Hall–Kier alpha value is -1.12. The number of carboxylic acid groups (broad SMARTS) is 1. The second kappa shape index (κ2) is 6.88. The molecule has 0 spiro atoms. The molecule has 0 bridgehead atoms. The Morgan fingerprint density at radius 2 is 2.11 bits per heavy atom. The highest BCUT2D eigenvalue weighted by Gasteiger charge is 2.14. The topological polar surface area (TPSA) is 80.5 Å². The van der Waals surface area contributed by atoms with Gasteiger partial charge in [0, 0.05) is 26.2 Å². The summed E-state index contributed by atoms with van der Waals surface area (Å²) in [6.45, 7) is 7.02. The predicted octanol–water partition coefficient (Wildman–Crippen LogP) is 0.0954. The van der Waals surface area contributed by atoms with Gasteiger partial charge in [-0.05, 0) is 6.92 Å². The molecule has 1 aromatic heterocycles. The largest absolute Gasteiger partial charge is 0.481 e. The van der Waals surface area contributed by atoms with Crippen molar-refractivity contribution in [2.24, 2.45) is 0 Å². The summed E-state index contributed by atoms with van der Waals surface area (Å²) >= 11 is 1.21. The molecule has 0 aromatic carbocycles. The van der Waals surface area contributed by atoms with Crippen molar-refractivity contribution < 1.29 is 14.6 Å². The smallest absolute Gasteiger partial charge is 0.313 e. The molecule has 106 valence electrons. The fourth-order valence-electron chi connectivity index (χ4n) is 1.92. The number of ether oxygens (including phenoxy) is 1. The first-order valence-electron chi connectivity index (χ1n) is 6.21. The van der Waals surface area contributed by atoms with Crippen molar-refractivity contribution in [1.82, 2.24) is 19.7 Å². The molecule has 1 aliphatic heterocycles. The van der Waals surface area contributed by atoms with Gasteiger partial charge in [-0.25, -0.2) is 0 Å². The molecular formula is C11H18N4O3S. The van der Waals surface area contributed by atoms with Gasteiger partial charge < -0.3 is 14.4 Å². The molecule has 0 unspecified atom stereocenters. The lowest BCUT2D eigenvalue weighted by atomic mass is 10.4. The highest BCUT2D eigenvalue weighted by atomic mass is 32.2. The van der Waals surface area contributed by atoms with Crippen molar-refractivity contribution >= 4 is 17.7 Å². The lowest BCUT2D eigenvalue weighted by Gasteiger charge is -2.26. The van der Waals surface area contributed by atoms with Crippen LogP contribution in [0.4, 0.5) is 0 Å². The molecule has 1 N–H and O–H groups in total. The van der Waals surface area contributed by atoms with Crippen LogP contribution in [-0.2, 0) is 16.1 Å². The third kappa shape index (κ3) is 4.19. The molecule has 0 aliphatic carbocycles. The van der Waals surface area contributed by atoms with Gasteiger partial charge in [-0.3, -0.25) is 9.69 Å². The molecule has 1 aliphatic rings. The predicted molar refractivity (Wildman–Crippen MR) is 70.4 cm³/mol. The van der Waals surface area contributed by atoms with E-state index < -0.39 is 5.97 Å². The molecule has 2 heterocycles. The number of hydrogen-bond acceptors (Lipinski definition) is 6. The highest BCUT2D eigenvalue weighted by molar-refractivity contribution is 7.99. The molecule has 0 amide bonds. The minimum Gasteiger partial charge on any atom is -0.481 e. The van der Waals surface area contributed by atoms with E-state index in [4.69, 9.17) is 9.84 Å². The molecule has 0 atom stereocenters. The number of rotatable bonds is 6. The molecule has 7 nitrogen and oxygen atoms in total. The third-order valence-electron chi connectivity index (χ3n) is 2.97. The van der Waals surface area contributed by atoms with E-state index in [0.717, 1.165) is 45.2 Å². The van der Waals surface area contributed by atoms with E-state index in [9.17, 15) is 4.79 Å². The van der Waals surface area contributed by atoms with E-state index >= 15 is 0 Å². The Kier molecular flexibility index (Phi) is 5.17. The quantitative estimate of drug-likeness (QED) is 0.743. The van der Waals surface area contributed by atoms with Gasteiger partial charge in [-0.2, -0.15) is 0 Å². The number of aryl methyl sites for hydroxylation is 1. The summed E-state index contributed by atoms with van der Waals surface area (Å²) in [6.07, 6.45) is 0. The van der Waals surface area contributed by atoms with Crippen LogP contribution >= 0.6 is 11.8 Å². The average Bonchev–Trinajstić information content (AvgIpc) is 2.76. The van der Waals surface area contributed by atoms with Crippen LogP contribution < -0.4 is 0 Å². The van der Waals surface area contributed by atoms with Crippen molar-refractivity contribution in [2.45, 2.75) is 18.6 Å². The summed E-state index contributed by atoms with van der Waals surface area (Å²) in [5.41, 5.74) is 0. The van der Waals surface area contributed by atoms with E-state index in [1.807, 2.05) is 11.5 Å². The molecule has 1 saturated heterocycles. The van der Waals surface area contributed by atoms with Crippen molar-refractivity contribution in [1.29, 1.82) is 0 Å². The number of carbonyl (C=O) groups is 1. The number of nitrogens with zero attached hydrogens (tertiary/aromatic N) is 4. The Morgan fingerprint density at radius 3 is 2.79 bits per heavy atom. The van der Waals surface area contributed by atoms with Crippen LogP contribution in [0.1, 0.15) is 5.82 Å². The average molecular weight is 286 g/mol. The molecule has 1 aromatic rings. The number of aromatic nitrogens is 3. The van der Waals surface area contributed by atoms with Gasteiger partial charge in [0.1, 0.15) is 5.82 Å². The maximum atomic E-state index is 10.6. The molecule has 8 heteroatoms. The Bertz CT molecular complexity index is 432. The van der Waals surface area contributed by atoms with Crippen molar-refractivity contribution in [3.05, 3.63) is 5.82 Å².